The molecule has 0 spiro atoms. The second kappa shape index (κ2) is 4.22. The van der Waals surface area contributed by atoms with Crippen LogP contribution in [0.15, 0.2) is 18.2 Å². The third kappa shape index (κ3) is 2.22. The van der Waals surface area contributed by atoms with Crippen molar-refractivity contribution in [3.63, 3.8) is 0 Å². The third-order valence-corrected chi connectivity index (χ3v) is 3.29. The summed E-state index contributed by atoms with van der Waals surface area (Å²) in [6.07, 6.45) is 2.19. The first-order valence-electron chi connectivity index (χ1n) is 6.01. The largest absolute Gasteiger partial charge is 0.384 e. The standard InChI is InChI=1S/C15H19N/c1-4-15(2,3)10-8-12-6-5-7-14-13(12)9-11-16-14/h5-7,16H,4,9,11H2,1-3H3. The molecule has 1 heterocycles. The van der Waals surface area contributed by atoms with Crippen molar-refractivity contribution < 1.29 is 0 Å². The Kier molecular flexibility index (Phi) is 2.92. The minimum absolute atomic E-state index is 0.120. The van der Waals surface area contributed by atoms with Crippen LogP contribution in [0.5, 0.6) is 0 Å². The van der Waals surface area contributed by atoms with Crippen LogP contribution in [0.4, 0.5) is 5.69 Å². The molecule has 0 radical (unpaired) electrons. The van der Waals surface area contributed by atoms with Crippen LogP contribution in [0.2, 0.25) is 0 Å². The minimum atomic E-state index is 0.120. The molecule has 1 nitrogen and oxygen atoms in total. The lowest BCUT2D eigenvalue weighted by Gasteiger charge is -2.13. The SMILES string of the molecule is CCC(C)(C)C#Cc1cccc2c1CCN2. The van der Waals surface area contributed by atoms with Crippen molar-refractivity contribution >= 4 is 5.69 Å². The molecule has 1 aliphatic heterocycles. The molecule has 2 rings (SSSR count). The zero-order valence-electron chi connectivity index (χ0n) is 10.4. The normalized spacial score (nSPS) is 13.7. The van der Waals surface area contributed by atoms with Gasteiger partial charge in [-0.2, -0.15) is 0 Å². The Bertz CT molecular complexity index is 446. The van der Waals surface area contributed by atoms with Gasteiger partial charge < -0.3 is 5.32 Å². The molecular formula is C15H19N. The molecule has 0 fully saturated rings. The van der Waals surface area contributed by atoms with E-state index in [9.17, 15) is 0 Å². The van der Waals surface area contributed by atoms with Gasteiger partial charge in [0.25, 0.3) is 0 Å². The fraction of sp³-hybridized carbons (Fsp3) is 0.467. The summed E-state index contributed by atoms with van der Waals surface area (Å²) in [5.41, 5.74) is 3.97. The Morgan fingerprint density at radius 1 is 1.38 bits per heavy atom. The number of hydrogen-bond acceptors (Lipinski definition) is 1. The van der Waals surface area contributed by atoms with Crippen molar-refractivity contribution in [2.75, 3.05) is 11.9 Å². The van der Waals surface area contributed by atoms with Gasteiger partial charge in [-0.1, -0.05) is 24.8 Å². The summed E-state index contributed by atoms with van der Waals surface area (Å²) in [5, 5.41) is 3.38. The van der Waals surface area contributed by atoms with Gasteiger partial charge in [-0.15, -0.1) is 0 Å². The van der Waals surface area contributed by atoms with Crippen molar-refractivity contribution in [3.05, 3.63) is 29.3 Å². The Balaban J connectivity index is 2.33. The van der Waals surface area contributed by atoms with Crippen LogP contribution in [-0.4, -0.2) is 6.54 Å². The van der Waals surface area contributed by atoms with E-state index in [-0.39, 0.29) is 5.41 Å². The van der Waals surface area contributed by atoms with E-state index in [4.69, 9.17) is 0 Å². The maximum Gasteiger partial charge on any atom is 0.0386 e. The first kappa shape index (κ1) is 11.1. The Morgan fingerprint density at radius 2 is 2.19 bits per heavy atom. The molecular weight excluding hydrogens is 194 g/mol. The monoisotopic (exact) mass is 213 g/mol. The highest BCUT2D eigenvalue weighted by Gasteiger charge is 2.13. The summed E-state index contributed by atoms with van der Waals surface area (Å²) < 4.78 is 0. The number of hydrogen-bond donors (Lipinski definition) is 1. The lowest BCUT2D eigenvalue weighted by atomic mass is 9.90. The van der Waals surface area contributed by atoms with Gasteiger partial charge in [-0.3, -0.25) is 0 Å². The molecule has 1 aromatic rings. The van der Waals surface area contributed by atoms with E-state index >= 15 is 0 Å². The van der Waals surface area contributed by atoms with E-state index < -0.39 is 0 Å². The van der Waals surface area contributed by atoms with Crippen LogP contribution in [-0.2, 0) is 6.42 Å². The number of fused-ring (bicyclic) bond motifs is 1. The zero-order valence-corrected chi connectivity index (χ0v) is 10.4. The Morgan fingerprint density at radius 3 is 2.94 bits per heavy atom. The molecule has 0 atom stereocenters. The quantitative estimate of drug-likeness (QED) is 0.705. The number of benzene rings is 1. The van der Waals surface area contributed by atoms with Gasteiger partial charge >= 0.3 is 0 Å². The average molecular weight is 213 g/mol. The molecule has 1 aliphatic rings. The topological polar surface area (TPSA) is 12.0 Å². The van der Waals surface area contributed by atoms with Gasteiger partial charge in [0.15, 0.2) is 0 Å². The molecule has 16 heavy (non-hydrogen) atoms. The van der Waals surface area contributed by atoms with Crippen molar-refractivity contribution in [2.24, 2.45) is 5.41 Å². The van der Waals surface area contributed by atoms with E-state index in [1.54, 1.807) is 0 Å². The molecule has 0 bridgehead atoms. The molecule has 1 heteroatoms. The van der Waals surface area contributed by atoms with Crippen molar-refractivity contribution in [2.45, 2.75) is 33.6 Å². The lowest BCUT2D eigenvalue weighted by Crippen LogP contribution is -2.05. The molecule has 84 valence electrons. The van der Waals surface area contributed by atoms with Crippen molar-refractivity contribution in [1.82, 2.24) is 0 Å². The van der Waals surface area contributed by atoms with Gasteiger partial charge in [-0.05, 0) is 44.4 Å². The summed E-state index contributed by atoms with van der Waals surface area (Å²) in [4.78, 5) is 0. The maximum absolute atomic E-state index is 3.38. The predicted molar refractivity (Wildman–Crippen MR) is 69.6 cm³/mol. The van der Waals surface area contributed by atoms with Crippen molar-refractivity contribution in [1.29, 1.82) is 0 Å². The van der Waals surface area contributed by atoms with Crippen molar-refractivity contribution in [3.8, 4) is 11.8 Å². The lowest BCUT2D eigenvalue weighted by molar-refractivity contribution is 0.484. The predicted octanol–water partition coefficient (Wildman–Crippen LogP) is 3.44. The van der Waals surface area contributed by atoms with Gasteiger partial charge in [0.1, 0.15) is 0 Å². The summed E-state index contributed by atoms with van der Waals surface area (Å²) in [7, 11) is 0. The second-order valence-electron chi connectivity index (χ2n) is 5.00. The van der Waals surface area contributed by atoms with E-state index in [1.165, 1.54) is 16.8 Å². The fourth-order valence-corrected chi connectivity index (χ4v) is 1.79. The minimum Gasteiger partial charge on any atom is -0.384 e. The zero-order chi connectivity index (χ0) is 11.6. The van der Waals surface area contributed by atoms with E-state index in [2.05, 4.69) is 56.1 Å². The van der Waals surface area contributed by atoms with Crippen LogP contribution >= 0.6 is 0 Å². The Labute approximate surface area is 98.3 Å². The molecule has 0 amide bonds. The maximum atomic E-state index is 3.38. The molecule has 0 aliphatic carbocycles. The number of anilines is 1. The highest BCUT2D eigenvalue weighted by Crippen LogP contribution is 2.25. The molecule has 0 saturated heterocycles. The third-order valence-electron chi connectivity index (χ3n) is 3.29. The number of nitrogens with one attached hydrogen (secondary N) is 1. The van der Waals surface area contributed by atoms with E-state index in [0.717, 1.165) is 19.4 Å². The molecule has 0 saturated carbocycles. The summed E-state index contributed by atoms with van der Waals surface area (Å²) >= 11 is 0. The second-order valence-corrected chi connectivity index (χ2v) is 5.00. The Hall–Kier alpha value is -1.42. The summed E-state index contributed by atoms with van der Waals surface area (Å²) in [6, 6.07) is 6.35. The van der Waals surface area contributed by atoms with Gasteiger partial charge in [0.05, 0.1) is 0 Å². The highest BCUT2D eigenvalue weighted by molar-refractivity contribution is 5.62. The van der Waals surface area contributed by atoms with Gasteiger partial charge in [0.2, 0.25) is 0 Å². The molecule has 1 N–H and O–H groups in total. The fourth-order valence-electron chi connectivity index (χ4n) is 1.79. The molecule has 0 unspecified atom stereocenters. The molecule has 0 aromatic heterocycles. The summed E-state index contributed by atoms with van der Waals surface area (Å²) in [5.74, 6) is 6.72. The van der Waals surface area contributed by atoms with Gasteiger partial charge in [-0.25, -0.2) is 0 Å². The van der Waals surface area contributed by atoms with Gasteiger partial charge in [0, 0.05) is 23.2 Å². The van der Waals surface area contributed by atoms with Crippen LogP contribution < -0.4 is 5.32 Å². The number of rotatable bonds is 1. The van der Waals surface area contributed by atoms with E-state index in [0.29, 0.717) is 0 Å². The van der Waals surface area contributed by atoms with E-state index in [1.807, 2.05) is 0 Å². The van der Waals surface area contributed by atoms with Crippen LogP contribution in [0.1, 0.15) is 38.3 Å². The first-order chi connectivity index (χ1) is 7.62. The average Bonchev–Trinajstić information content (AvgIpc) is 2.75. The van der Waals surface area contributed by atoms with Crippen LogP contribution in [0.3, 0.4) is 0 Å². The van der Waals surface area contributed by atoms with Crippen LogP contribution in [0, 0.1) is 17.3 Å². The first-order valence-corrected chi connectivity index (χ1v) is 6.01. The smallest absolute Gasteiger partial charge is 0.0386 e. The molecule has 1 aromatic carbocycles. The van der Waals surface area contributed by atoms with Crippen LogP contribution in [0.25, 0.3) is 0 Å². The highest BCUT2D eigenvalue weighted by atomic mass is 14.9. The summed E-state index contributed by atoms with van der Waals surface area (Å²) in [6.45, 7) is 7.62.